The molecule has 5 nitrogen and oxygen atoms in total. The molecule has 1 aromatic heterocycles. The minimum absolute atomic E-state index is 0.371. The van der Waals surface area contributed by atoms with Crippen molar-refractivity contribution in [3.63, 3.8) is 0 Å². The van der Waals surface area contributed by atoms with Crippen molar-refractivity contribution in [2.24, 2.45) is 5.92 Å². The molecule has 3 rings (SSSR count). The molecule has 0 aliphatic heterocycles. The van der Waals surface area contributed by atoms with Crippen molar-refractivity contribution >= 4 is 17.0 Å². The Morgan fingerprint density at radius 1 is 1.32 bits per heavy atom. The van der Waals surface area contributed by atoms with E-state index in [0.29, 0.717) is 25.3 Å². The van der Waals surface area contributed by atoms with E-state index in [-0.39, 0.29) is 6.09 Å². The molecule has 5 heteroatoms. The zero-order chi connectivity index (χ0) is 18.1. The van der Waals surface area contributed by atoms with Crippen molar-refractivity contribution in [1.82, 2.24) is 10.3 Å². The Morgan fingerprint density at radius 3 is 2.64 bits per heavy atom. The Balaban J connectivity index is 1.55. The first kappa shape index (κ1) is 17.8. The normalized spacial score (nSPS) is 24.2. The third-order valence-electron chi connectivity index (χ3n) is 4.90. The number of carbonyl (C=O) groups is 1. The zero-order valence-electron chi connectivity index (χ0n) is 15.3. The van der Waals surface area contributed by atoms with Crippen LogP contribution in [0.15, 0.2) is 30.3 Å². The Bertz CT molecular complexity index is 704. The molecule has 0 saturated heterocycles. The van der Waals surface area contributed by atoms with Crippen LogP contribution >= 0.6 is 0 Å². The number of aromatic nitrogens is 1. The van der Waals surface area contributed by atoms with Gasteiger partial charge in [0.2, 0.25) is 0 Å². The Kier molecular flexibility index (Phi) is 4.78. The van der Waals surface area contributed by atoms with Gasteiger partial charge in [-0.3, -0.25) is 0 Å². The Morgan fingerprint density at radius 2 is 2.00 bits per heavy atom. The van der Waals surface area contributed by atoms with Gasteiger partial charge < -0.3 is 20.1 Å². The highest BCUT2D eigenvalue weighted by molar-refractivity contribution is 5.80. The molecule has 1 amide bonds. The van der Waals surface area contributed by atoms with Crippen molar-refractivity contribution < 1.29 is 14.6 Å². The third-order valence-corrected chi connectivity index (χ3v) is 4.90. The van der Waals surface area contributed by atoms with Gasteiger partial charge in [-0.2, -0.15) is 0 Å². The summed E-state index contributed by atoms with van der Waals surface area (Å²) in [4.78, 5) is 15.1. The average molecular weight is 344 g/mol. The lowest BCUT2D eigenvalue weighted by atomic mass is 9.77. The van der Waals surface area contributed by atoms with Gasteiger partial charge in [-0.05, 0) is 69.9 Å². The summed E-state index contributed by atoms with van der Waals surface area (Å²) in [5, 5.41) is 15.0. The van der Waals surface area contributed by atoms with Crippen LogP contribution in [0, 0.1) is 5.92 Å². The Hall–Kier alpha value is -2.01. The van der Waals surface area contributed by atoms with Gasteiger partial charge >= 0.3 is 6.09 Å². The summed E-state index contributed by atoms with van der Waals surface area (Å²) >= 11 is 0. The van der Waals surface area contributed by atoms with Crippen LogP contribution in [0.4, 0.5) is 4.79 Å². The second-order valence-electron chi connectivity index (χ2n) is 8.13. The number of fused-ring (bicyclic) bond motifs is 1. The predicted octanol–water partition coefficient (Wildman–Crippen LogP) is 4.07. The molecule has 3 N–H and O–H groups in total. The number of benzene rings is 1. The van der Waals surface area contributed by atoms with E-state index in [1.54, 1.807) is 0 Å². The first-order chi connectivity index (χ1) is 11.8. The molecule has 1 heterocycles. The van der Waals surface area contributed by atoms with Crippen LogP contribution in [0.1, 0.15) is 52.1 Å². The van der Waals surface area contributed by atoms with Crippen molar-refractivity contribution in [3.05, 3.63) is 36.0 Å². The van der Waals surface area contributed by atoms with E-state index in [1.807, 2.05) is 39.0 Å². The standard InChI is InChI=1S/C20H28N2O3/c1-19(2,3)25-18(23)21-13-14-8-10-20(24,11-9-14)17-12-15-6-4-5-7-16(15)22-17/h4-7,12,14,22,24H,8-11,13H2,1-3H3,(H,21,23). The summed E-state index contributed by atoms with van der Waals surface area (Å²) in [5.74, 6) is 0.372. The molecular formula is C20H28N2O3. The molecule has 136 valence electrons. The van der Waals surface area contributed by atoms with Gasteiger partial charge in [-0.25, -0.2) is 4.79 Å². The Labute approximate surface area is 148 Å². The predicted molar refractivity (Wildman–Crippen MR) is 98.4 cm³/mol. The van der Waals surface area contributed by atoms with Gasteiger partial charge in [0.25, 0.3) is 0 Å². The van der Waals surface area contributed by atoms with Gasteiger partial charge in [0.15, 0.2) is 0 Å². The molecule has 0 bridgehead atoms. The highest BCUT2D eigenvalue weighted by Gasteiger charge is 2.36. The van der Waals surface area contributed by atoms with Gasteiger partial charge in [0, 0.05) is 17.8 Å². The zero-order valence-corrected chi connectivity index (χ0v) is 15.3. The summed E-state index contributed by atoms with van der Waals surface area (Å²) in [5.41, 5.74) is 0.667. The monoisotopic (exact) mass is 344 g/mol. The van der Waals surface area contributed by atoms with E-state index in [0.717, 1.165) is 29.4 Å². The first-order valence-corrected chi connectivity index (χ1v) is 9.03. The number of ether oxygens (including phenoxy) is 1. The van der Waals surface area contributed by atoms with Crippen molar-refractivity contribution in [3.8, 4) is 0 Å². The van der Waals surface area contributed by atoms with Gasteiger partial charge in [0.1, 0.15) is 11.2 Å². The number of para-hydroxylation sites is 1. The summed E-state index contributed by atoms with van der Waals surface area (Å²) in [6, 6.07) is 10.1. The molecule has 1 saturated carbocycles. The largest absolute Gasteiger partial charge is 0.444 e. The number of H-pyrrole nitrogens is 1. The highest BCUT2D eigenvalue weighted by Crippen LogP contribution is 2.39. The minimum atomic E-state index is -0.804. The van der Waals surface area contributed by atoms with Crippen LogP contribution in [-0.2, 0) is 10.3 Å². The maximum Gasteiger partial charge on any atom is 0.407 e. The summed E-state index contributed by atoms with van der Waals surface area (Å²) in [6.45, 7) is 6.16. The number of amides is 1. The number of nitrogens with one attached hydrogen (secondary N) is 2. The molecule has 1 aromatic carbocycles. The van der Waals surface area contributed by atoms with Crippen molar-refractivity contribution in [2.45, 2.75) is 57.7 Å². The molecule has 1 fully saturated rings. The first-order valence-electron chi connectivity index (χ1n) is 9.03. The van der Waals surface area contributed by atoms with E-state index in [4.69, 9.17) is 4.74 Å². The molecule has 0 unspecified atom stereocenters. The number of hydrogen-bond donors (Lipinski definition) is 3. The topological polar surface area (TPSA) is 74.3 Å². The van der Waals surface area contributed by atoms with Gasteiger partial charge in [0.05, 0.1) is 0 Å². The fraction of sp³-hybridized carbons (Fsp3) is 0.550. The molecule has 0 radical (unpaired) electrons. The maximum absolute atomic E-state index is 11.8. The molecule has 25 heavy (non-hydrogen) atoms. The second-order valence-corrected chi connectivity index (χ2v) is 8.13. The number of rotatable bonds is 3. The van der Waals surface area contributed by atoms with E-state index >= 15 is 0 Å². The lowest BCUT2D eigenvalue weighted by Gasteiger charge is -2.35. The van der Waals surface area contributed by atoms with Crippen LogP contribution in [0.25, 0.3) is 10.9 Å². The summed E-state index contributed by atoms with van der Waals surface area (Å²) < 4.78 is 5.27. The SMILES string of the molecule is CC(C)(C)OC(=O)NCC1CCC(O)(c2cc3ccccc3[nH]2)CC1. The van der Waals surface area contributed by atoms with Gasteiger partial charge in [-0.1, -0.05) is 18.2 Å². The third kappa shape index (κ3) is 4.34. The minimum Gasteiger partial charge on any atom is -0.444 e. The lowest BCUT2D eigenvalue weighted by Crippen LogP contribution is -2.38. The lowest BCUT2D eigenvalue weighted by molar-refractivity contribution is -0.0174. The van der Waals surface area contributed by atoms with E-state index in [9.17, 15) is 9.90 Å². The number of aliphatic hydroxyl groups is 1. The average Bonchev–Trinajstić information content (AvgIpc) is 2.98. The number of hydrogen-bond acceptors (Lipinski definition) is 3. The van der Waals surface area contributed by atoms with E-state index in [1.165, 1.54) is 0 Å². The number of aromatic amines is 1. The van der Waals surface area contributed by atoms with Crippen LogP contribution in [0.3, 0.4) is 0 Å². The van der Waals surface area contributed by atoms with E-state index < -0.39 is 11.2 Å². The fourth-order valence-corrected chi connectivity index (χ4v) is 3.49. The molecule has 2 aromatic rings. The quantitative estimate of drug-likeness (QED) is 0.786. The summed E-state index contributed by atoms with van der Waals surface area (Å²) in [6.07, 6.45) is 2.77. The second kappa shape index (κ2) is 6.71. The van der Waals surface area contributed by atoms with Crippen LogP contribution in [-0.4, -0.2) is 28.3 Å². The van der Waals surface area contributed by atoms with E-state index in [2.05, 4.69) is 22.4 Å². The number of carbonyl (C=O) groups excluding carboxylic acids is 1. The molecule has 0 atom stereocenters. The summed E-state index contributed by atoms with van der Waals surface area (Å²) in [7, 11) is 0. The van der Waals surface area contributed by atoms with Crippen LogP contribution in [0.5, 0.6) is 0 Å². The van der Waals surface area contributed by atoms with Gasteiger partial charge in [-0.15, -0.1) is 0 Å². The molecule has 0 spiro atoms. The van der Waals surface area contributed by atoms with Crippen molar-refractivity contribution in [1.29, 1.82) is 0 Å². The van der Waals surface area contributed by atoms with Crippen LogP contribution < -0.4 is 5.32 Å². The van der Waals surface area contributed by atoms with Crippen LogP contribution in [0.2, 0.25) is 0 Å². The molecule has 1 aliphatic carbocycles. The number of alkyl carbamates (subject to hydrolysis) is 1. The molecular weight excluding hydrogens is 316 g/mol. The molecule has 1 aliphatic rings. The fourth-order valence-electron chi connectivity index (χ4n) is 3.49. The maximum atomic E-state index is 11.8. The van der Waals surface area contributed by atoms with Crippen molar-refractivity contribution in [2.75, 3.05) is 6.54 Å². The smallest absolute Gasteiger partial charge is 0.407 e. The highest BCUT2D eigenvalue weighted by atomic mass is 16.6.